The van der Waals surface area contributed by atoms with Gasteiger partial charge in [-0.05, 0) is 24.3 Å². The molecule has 2 aromatic heterocycles. The number of carbonyl (C=O) groups excluding carboxylic acids is 1. The van der Waals surface area contributed by atoms with Crippen LogP contribution in [0.5, 0.6) is 0 Å². The largest absolute Gasteiger partial charge is 0.293 e. The van der Waals surface area contributed by atoms with Crippen LogP contribution in [0.2, 0.25) is 10.0 Å². The summed E-state index contributed by atoms with van der Waals surface area (Å²) in [6, 6.07) is 8.99. The molecule has 30 heavy (non-hydrogen) atoms. The lowest BCUT2D eigenvalue weighted by atomic mass is 10.2. The first-order chi connectivity index (χ1) is 14.3. The van der Waals surface area contributed by atoms with E-state index in [1.165, 1.54) is 58.3 Å². The Morgan fingerprint density at radius 3 is 2.77 bits per heavy atom. The van der Waals surface area contributed by atoms with E-state index in [9.17, 15) is 14.0 Å². The second-order valence-corrected chi connectivity index (χ2v) is 8.07. The van der Waals surface area contributed by atoms with Crippen LogP contribution in [0.25, 0.3) is 10.9 Å². The van der Waals surface area contributed by atoms with Gasteiger partial charge in [0.15, 0.2) is 5.13 Å². The van der Waals surface area contributed by atoms with E-state index in [4.69, 9.17) is 23.2 Å². The van der Waals surface area contributed by atoms with Gasteiger partial charge in [-0.25, -0.2) is 14.4 Å². The minimum Gasteiger partial charge on any atom is -0.293 e. The summed E-state index contributed by atoms with van der Waals surface area (Å²) in [5, 5.41) is 2.92. The fourth-order valence-corrected chi connectivity index (χ4v) is 4.41. The van der Waals surface area contributed by atoms with Crippen molar-refractivity contribution in [2.45, 2.75) is 13.5 Å². The number of thiazole rings is 1. The number of nitrogens with zero attached hydrogens (tertiary/aromatic N) is 4. The van der Waals surface area contributed by atoms with E-state index < -0.39 is 5.82 Å². The molecule has 0 saturated carbocycles. The summed E-state index contributed by atoms with van der Waals surface area (Å²) in [4.78, 5) is 34.8. The zero-order valence-electron chi connectivity index (χ0n) is 15.5. The summed E-state index contributed by atoms with van der Waals surface area (Å²) in [5.41, 5.74) is 0.675. The summed E-state index contributed by atoms with van der Waals surface area (Å²) in [5.74, 6) is -0.914. The highest BCUT2D eigenvalue weighted by molar-refractivity contribution is 7.14. The Morgan fingerprint density at radius 1 is 1.27 bits per heavy atom. The van der Waals surface area contributed by atoms with Crippen LogP contribution in [0.15, 0.2) is 52.9 Å². The molecule has 0 N–H and O–H groups in total. The fourth-order valence-electron chi connectivity index (χ4n) is 2.99. The molecule has 2 heterocycles. The number of hydrogen-bond acceptors (Lipinski definition) is 5. The maximum absolute atomic E-state index is 14.2. The van der Waals surface area contributed by atoms with E-state index in [-0.39, 0.29) is 23.7 Å². The highest BCUT2D eigenvalue weighted by Crippen LogP contribution is 2.31. The Morgan fingerprint density at radius 2 is 2.03 bits per heavy atom. The van der Waals surface area contributed by atoms with Crippen molar-refractivity contribution >= 4 is 62.2 Å². The highest BCUT2D eigenvalue weighted by Gasteiger charge is 2.21. The Labute approximate surface area is 184 Å². The molecular formula is C20H13Cl2FN4O2S. The van der Waals surface area contributed by atoms with Crippen molar-refractivity contribution in [1.29, 1.82) is 0 Å². The maximum Gasteiger partial charge on any atom is 0.261 e. The van der Waals surface area contributed by atoms with Gasteiger partial charge in [0.1, 0.15) is 5.82 Å². The first-order valence-electron chi connectivity index (χ1n) is 8.69. The predicted octanol–water partition coefficient (Wildman–Crippen LogP) is 5.03. The molecule has 0 atom stereocenters. The van der Waals surface area contributed by atoms with Crippen LogP contribution in [0.3, 0.4) is 0 Å². The third kappa shape index (κ3) is 3.81. The number of aromatic nitrogens is 3. The Balaban J connectivity index is 1.70. The summed E-state index contributed by atoms with van der Waals surface area (Å²) >= 11 is 13.3. The molecule has 0 fully saturated rings. The normalized spacial score (nSPS) is 11.1. The van der Waals surface area contributed by atoms with Crippen molar-refractivity contribution in [3.05, 3.63) is 80.0 Å². The number of rotatable bonds is 4. The quantitative estimate of drug-likeness (QED) is 0.426. The van der Waals surface area contributed by atoms with Gasteiger partial charge in [-0.3, -0.25) is 19.1 Å². The Hall–Kier alpha value is -2.81. The summed E-state index contributed by atoms with van der Waals surface area (Å²) in [6.07, 6.45) is 1.38. The molecule has 0 radical (unpaired) electrons. The Bertz CT molecular complexity index is 1340. The second kappa shape index (κ2) is 8.14. The standard InChI is InChI=1S/C20H13Cl2FN4O2S/c1-11(28)27(17-5-3-2-4-16(17)23)20-25-13(9-30-20)8-26-10-24-18-14(19(26)29)6-12(21)7-15(18)22/h2-7,9-10H,8H2,1H3. The van der Waals surface area contributed by atoms with E-state index in [2.05, 4.69) is 9.97 Å². The molecule has 0 aliphatic rings. The van der Waals surface area contributed by atoms with Crippen molar-refractivity contribution in [2.24, 2.45) is 0 Å². The zero-order valence-corrected chi connectivity index (χ0v) is 17.8. The SMILES string of the molecule is CC(=O)N(c1nc(Cn2cnc3c(Cl)cc(Cl)cc3c2=O)cs1)c1ccccc1F. The number of halogens is 3. The number of carbonyl (C=O) groups is 1. The number of fused-ring (bicyclic) bond motifs is 1. The topological polar surface area (TPSA) is 68.1 Å². The van der Waals surface area contributed by atoms with Crippen LogP contribution < -0.4 is 10.5 Å². The van der Waals surface area contributed by atoms with Crippen LogP contribution in [0.4, 0.5) is 15.2 Å². The van der Waals surface area contributed by atoms with Crippen LogP contribution >= 0.6 is 34.5 Å². The third-order valence-electron chi connectivity index (χ3n) is 4.32. The lowest BCUT2D eigenvalue weighted by Crippen LogP contribution is -2.24. The molecule has 10 heteroatoms. The first-order valence-corrected chi connectivity index (χ1v) is 10.3. The van der Waals surface area contributed by atoms with E-state index in [0.29, 0.717) is 31.8 Å². The molecule has 0 bridgehead atoms. The number of amides is 1. The lowest BCUT2D eigenvalue weighted by molar-refractivity contribution is -0.115. The summed E-state index contributed by atoms with van der Waals surface area (Å²) in [6.45, 7) is 1.45. The van der Waals surface area contributed by atoms with Crippen LogP contribution in [-0.4, -0.2) is 20.4 Å². The molecule has 4 rings (SSSR count). The van der Waals surface area contributed by atoms with Crippen LogP contribution in [-0.2, 0) is 11.3 Å². The van der Waals surface area contributed by atoms with E-state index in [1.54, 1.807) is 17.5 Å². The van der Waals surface area contributed by atoms with Gasteiger partial charge < -0.3 is 0 Å². The van der Waals surface area contributed by atoms with Crippen molar-refractivity contribution in [3.63, 3.8) is 0 Å². The van der Waals surface area contributed by atoms with Gasteiger partial charge in [0.25, 0.3) is 5.56 Å². The van der Waals surface area contributed by atoms with Gasteiger partial charge in [0.05, 0.1) is 40.2 Å². The molecule has 0 unspecified atom stereocenters. The van der Waals surface area contributed by atoms with Gasteiger partial charge in [-0.15, -0.1) is 11.3 Å². The van der Waals surface area contributed by atoms with Crippen molar-refractivity contribution in [1.82, 2.24) is 14.5 Å². The summed E-state index contributed by atoms with van der Waals surface area (Å²) < 4.78 is 15.6. The van der Waals surface area contributed by atoms with Gasteiger partial charge in [0.2, 0.25) is 5.91 Å². The highest BCUT2D eigenvalue weighted by atomic mass is 35.5. The van der Waals surface area contributed by atoms with Gasteiger partial charge in [0, 0.05) is 17.3 Å². The third-order valence-corrected chi connectivity index (χ3v) is 5.70. The number of hydrogen-bond donors (Lipinski definition) is 0. The number of benzene rings is 2. The molecule has 0 aliphatic heterocycles. The minimum atomic E-state index is -0.534. The molecule has 0 aliphatic carbocycles. The minimum absolute atomic E-state index is 0.111. The number of para-hydroxylation sites is 1. The van der Waals surface area contributed by atoms with Crippen LogP contribution in [0, 0.1) is 5.82 Å². The van der Waals surface area contributed by atoms with Gasteiger partial charge >= 0.3 is 0 Å². The first kappa shape index (κ1) is 20.5. The van der Waals surface area contributed by atoms with Gasteiger partial charge in [-0.2, -0.15) is 0 Å². The van der Waals surface area contributed by atoms with Gasteiger partial charge in [-0.1, -0.05) is 35.3 Å². The fraction of sp³-hybridized carbons (Fsp3) is 0.100. The lowest BCUT2D eigenvalue weighted by Gasteiger charge is -2.18. The zero-order chi connectivity index (χ0) is 21.4. The van der Waals surface area contributed by atoms with E-state index in [0.717, 1.165) is 0 Å². The molecule has 0 saturated heterocycles. The van der Waals surface area contributed by atoms with E-state index >= 15 is 0 Å². The average molecular weight is 463 g/mol. The molecule has 2 aromatic carbocycles. The second-order valence-electron chi connectivity index (χ2n) is 6.39. The molecular weight excluding hydrogens is 450 g/mol. The summed E-state index contributed by atoms with van der Waals surface area (Å²) in [7, 11) is 0. The molecule has 6 nitrogen and oxygen atoms in total. The maximum atomic E-state index is 14.2. The van der Waals surface area contributed by atoms with Crippen molar-refractivity contribution < 1.29 is 9.18 Å². The van der Waals surface area contributed by atoms with Crippen molar-refractivity contribution in [2.75, 3.05) is 4.90 Å². The molecule has 4 aromatic rings. The van der Waals surface area contributed by atoms with E-state index in [1.807, 2.05) is 0 Å². The molecule has 1 amide bonds. The van der Waals surface area contributed by atoms with Crippen molar-refractivity contribution in [3.8, 4) is 0 Å². The average Bonchev–Trinajstić information content (AvgIpc) is 3.14. The van der Waals surface area contributed by atoms with Crippen LogP contribution in [0.1, 0.15) is 12.6 Å². The predicted molar refractivity (Wildman–Crippen MR) is 116 cm³/mol. The number of anilines is 2. The smallest absolute Gasteiger partial charge is 0.261 e. The monoisotopic (exact) mass is 462 g/mol. The molecule has 152 valence electrons. The molecule has 0 spiro atoms. The Kier molecular flexibility index (Phi) is 5.55.